The highest BCUT2D eigenvalue weighted by Crippen LogP contribution is 2.43. The lowest BCUT2D eigenvalue weighted by Gasteiger charge is -2.15. The van der Waals surface area contributed by atoms with Crippen molar-refractivity contribution in [3.63, 3.8) is 0 Å². The minimum absolute atomic E-state index is 0.748. The van der Waals surface area contributed by atoms with Gasteiger partial charge in [-0.2, -0.15) is 0 Å². The third-order valence-corrected chi connectivity index (χ3v) is 11.5. The third kappa shape index (κ3) is 5.12. The Morgan fingerprint density at radius 1 is 0.362 bits per heavy atom. The van der Waals surface area contributed by atoms with Crippen LogP contribution in [0.4, 0.5) is 0 Å². The van der Waals surface area contributed by atoms with E-state index in [1.54, 1.807) is 7.05 Å². The normalized spacial score (nSPS) is 12.5. The molecule has 276 valence electrons. The predicted molar refractivity (Wildman–Crippen MR) is 244 cm³/mol. The topological polar surface area (TPSA) is 51.5 Å². The monoisotopic (exact) mass is 746 g/mol. The first-order valence-electron chi connectivity index (χ1n) is 19.6. The van der Waals surface area contributed by atoms with Crippen molar-refractivity contribution in [3.05, 3.63) is 199 Å². The molecule has 0 radical (unpaired) electrons. The fraction of sp³-hybridized carbons (Fsp3) is 0.0385. The molecule has 11 aromatic rings. The van der Waals surface area contributed by atoms with Crippen molar-refractivity contribution in [1.29, 1.82) is 0 Å². The molecule has 0 bridgehead atoms. The molecule has 0 unspecified atom stereocenters. The summed E-state index contributed by atoms with van der Waals surface area (Å²) in [6.07, 6.45) is 0. The highest BCUT2D eigenvalue weighted by Gasteiger charge is 2.22. The lowest BCUT2D eigenvalue weighted by atomic mass is 10.1. The largest absolute Gasteiger partial charge is 0.325 e. The van der Waals surface area contributed by atoms with E-state index >= 15 is 0 Å². The van der Waals surface area contributed by atoms with E-state index in [1.165, 1.54) is 54.4 Å². The number of hydrogen-bond donors (Lipinski definition) is 1. The van der Waals surface area contributed by atoms with Crippen LogP contribution in [0, 0.1) is 0 Å². The Labute approximate surface area is 335 Å². The third-order valence-electron chi connectivity index (χ3n) is 11.5. The van der Waals surface area contributed by atoms with Crippen LogP contribution in [0.25, 0.3) is 82.5 Å². The van der Waals surface area contributed by atoms with Crippen LogP contribution in [0.5, 0.6) is 0 Å². The van der Waals surface area contributed by atoms with E-state index in [4.69, 9.17) is 4.99 Å². The minimum Gasteiger partial charge on any atom is -0.325 e. The lowest BCUT2D eigenvalue weighted by Crippen LogP contribution is -2.32. The Morgan fingerprint density at radius 2 is 0.862 bits per heavy atom. The van der Waals surface area contributed by atoms with Gasteiger partial charge in [0, 0.05) is 74.6 Å². The zero-order valence-electron chi connectivity index (χ0n) is 32.1. The highest BCUT2D eigenvalue weighted by atomic mass is 15.1. The molecule has 0 spiro atoms. The fourth-order valence-corrected chi connectivity index (χ4v) is 9.03. The van der Waals surface area contributed by atoms with Crippen LogP contribution in [-0.4, -0.2) is 39.5 Å². The zero-order valence-corrected chi connectivity index (χ0v) is 32.1. The summed E-state index contributed by atoms with van der Waals surface area (Å²) in [6, 6.07) is 67.3. The maximum Gasteiger partial charge on any atom is 0.133 e. The number of fused-ring (bicyclic) bond motifs is 10. The Balaban J connectivity index is 1.14. The number of nitrogens with one attached hydrogen (secondary N) is 1. The second kappa shape index (κ2) is 13.5. The highest BCUT2D eigenvalue weighted by molar-refractivity contribution is 6.26. The molecule has 3 aromatic heterocycles. The van der Waals surface area contributed by atoms with Crippen molar-refractivity contribution in [3.8, 4) is 17.1 Å². The van der Waals surface area contributed by atoms with E-state index in [0.29, 0.717) is 0 Å². The van der Waals surface area contributed by atoms with Crippen LogP contribution < -0.4 is 5.32 Å². The predicted octanol–water partition coefficient (Wildman–Crippen LogP) is 12.0. The van der Waals surface area contributed by atoms with E-state index in [0.717, 1.165) is 50.9 Å². The maximum absolute atomic E-state index is 4.72. The van der Waals surface area contributed by atoms with Gasteiger partial charge < -0.3 is 19.0 Å². The second-order valence-corrected chi connectivity index (χ2v) is 14.6. The molecule has 6 heteroatoms. The Hall–Kier alpha value is -7.70. The smallest absolute Gasteiger partial charge is 0.133 e. The van der Waals surface area contributed by atoms with Crippen LogP contribution in [0.3, 0.4) is 0 Å². The van der Waals surface area contributed by atoms with Crippen LogP contribution in [-0.2, 0) is 0 Å². The van der Waals surface area contributed by atoms with Crippen LogP contribution in [0.15, 0.2) is 198 Å². The minimum atomic E-state index is 0.748. The molecule has 0 aliphatic heterocycles. The number of aliphatic imine (C=N–C) groups is 2. The van der Waals surface area contributed by atoms with E-state index in [1.807, 2.05) is 25.2 Å². The first-order valence-corrected chi connectivity index (χ1v) is 19.6. The van der Waals surface area contributed by atoms with Gasteiger partial charge in [0.05, 0.1) is 33.1 Å². The molecule has 58 heavy (non-hydrogen) atoms. The molecule has 0 aliphatic rings. The Kier molecular flexibility index (Phi) is 7.83. The van der Waals surface area contributed by atoms with Crippen LogP contribution >= 0.6 is 0 Å². The van der Waals surface area contributed by atoms with Gasteiger partial charge in [-0.25, -0.2) is 0 Å². The molecule has 0 amide bonds. The van der Waals surface area contributed by atoms with Crippen molar-refractivity contribution in [2.45, 2.75) is 0 Å². The summed E-state index contributed by atoms with van der Waals surface area (Å²) in [7, 11) is 3.63. The SMILES string of the molecule is CN=C(NC(=NC)c1cccc(-n2c3ccccc3c3ccc4c(c5ccccc5n4-c4ccc5c(c4)c4ccccc4n5-c4ccccc4)c32)c1)c1ccccc1. The molecule has 0 saturated heterocycles. The zero-order chi connectivity index (χ0) is 38.7. The van der Waals surface area contributed by atoms with Gasteiger partial charge in [-0.1, -0.05) is 121 Å². The van der Waals surface area contributed by atoms with Crippen molar-refractivity contribution >= 4 is 77.1 Å². The van der Waals surface area contributed by atoms with E-state index in [-0.39, 0.29) is 0 Å². The molecule has 8 aromatic carbocycles. The number of benzene rings is 8. The van der Waals surface area contributed by atoms with Gasteiger partial charge in [0.1, 0.15) is 11.7 Å². The molecule has 0 aliphatic carbocycles. The Bertz CT molecular complexity index is 3440. The number of amidine groups is 2. The average Bonchev–Trinajstić information content (AvgIpc) is 3.93. The number of para-hydroxylation sites is 4. The van der Waals surface area contributed by atoms with Crippen molar-refractivity contribution in [1.82, 2.24) is 19.0 Å². The molecule has 0 atom stereocenters. The van der Waals surface area contributed by atoms with Crippen molar-refractivity contribution < 1.29 is 0 Å². The molecule has 0 fully saturated rings. The van der Waals surface area contributed by atoms with Gasteiger partial charge in [-0.05, 0) is 66.7 Å². The van der Waals surface area contributed by atoms with Gasteiger partial charge in [0.2, 0.25) is 0 Å². The van der Waals surface area contributed by atoms with Crippen molar-refractivity contribution in [2.75, 3.05) is 14.1 Å². The Morgan fingerprint density at radius 3 is 1.59 bits per heavy atom. The first kappa shape index (κ1) is 33.6. The van der Waals surface area contributed by atoms with Gasteiger partial charge in [-0.15, -0.1) is 0 Å². The summed E-state index contributed by atoms with van der Waals surface area (Å²) in [4.78, 5) is 9.29. The number of aromatic nitrogens is 3. The molecular formula is C52H38N6. The standard InChI is InChI=1S/C52H38N6/c1-53-51(34-16-5-3-6-17-34)55-52(54-2)35-18-15-21-37(32-35)58-45-26-13-9-22-39(45)41-29-31-48-49(50(41)58)42-24-11-14-27-46(42)57(48)38-28-30-47-43(33-38)40-23-10-12-25-44(40)56(47)36-19-7-4-8-20-36/h3-33H,1-2H3,(H,53,54,55). The maximum atomic E-state index is 4.72. The summed E-state index contributed by atoms with van der Waals surface area (Å²) in [5.74, 6) is 1.51. The average molecular weight is 747 g/mol. The van der Waals surface area contributed by atoms with E-state index in [2.05, 4.69) is 194 Å². The molecule has 1 N–H and O–H groups in total. The summed E-state index contributed by atoms with van der Waals surface area (Å²) >= 11 is 0. The van der Waals surface area contributed by atoms with Gasteiger partial charge >= 0.3 is 0 Å². The molecule has 3 heterocycles. The van der Waals surface area contributed by atoms with Gasteiger partial charge in [-0.3, -0.25) is 9.98 Å². The summed E-state index contributed by atoms with van der Waals surface area (Å²) < 4.78 is 7.25. The summed E-state index contributed by atoms with van der Waals surface area (Å²) in [5, 5.41) is 10.8. The van der Waals surface area contributed by atoms with Crippen LogP contribution in [0.1, 0.15) is 11.1 Å². The molecule has 0 saturated carbocycles. The quantitative estimate of drug-likeness (QED) is 0.138. The molecule has 6 nitrogen and oxygen atoms in total. The second-order valence-electron chi connectivity index (χ2n) is 14.6. The number of hydrogen-bond acceptors (Lipinski definition) is 2. The molecule has 11 rings (SSSR count). The number of nitrogens with zero attached hydrogens (tertiary/aromatic N) is 5. The van der Waals surface area contributed by atoms with Crippen LogP contribution in [0.2, 0.25) is 0 Å². The van der Waals surface area contributed by atoms with Gasteiger partial charge in [0.25, 0.3) is 0 Å². The summed E-state index contributed by atoms with van der Waals surface area (Å²) in [6.45, 7) is 0. The van der Waals surface area contributed by atoms with Gasteiger partial charge in [0.15, 0.2) is 0 Å². The molecular weight excluding hydrogens is 709 g/mol. The number of rotatable bonds is 5. The fourth-order valence-electron chi connectivity index (χ4n) is 9.03. The first-order chi connectivity index (χ1) is 28.7. The van der Waals surface area contributed by atoms with E-state index < -0.39 is 0 Å². The lowest BCUT2D eigenvalue weighted by molar-refractivity contribution is 1.16. The van der Waals surface area contributed by atoms with E-state index in [9.17, 15) is 0 Å². The summed E-state index contributed by atoms with van der Waals surface area (Å²) in [5.41, 5.74) is 12.3. The van der Waals surface area contributed by atoms with Crippen molar-refractivity contribution in [2.24, 2.45) is 9.98 Å².